The Bertz CT molecular complexity index is 406. The maximum absolute atomic E-state index is 11.4. The van der Waals surface area contributed by atoms with Gasteiger partial charge in [0.15, 0.2) is 0 Å². The second-order valence-corrected chi connectivity index (χ2v) is 5.09. The van der Waals surface area contributed by atoms with E-state index < -0.39 is 0 Å². The number of benzene rings is 1. The molecule has 1 atom stereocenters. The fraction of sp³-hybridized carbons (Fsp3) is 0.500. The molecule has 1 nitrogen and oxygen atoms in total. The topological polar surface area (TPSA) is 17.1 Å². The Hall–Kier alpha value is -1.11. The van der Waals surface area contributed by atoms with Gasteiger partial charge < -0.3 is 0 Å². The molecule has 1 aromatic rings. The number of carbonyl (C=O) groups is 1. The molecule has 1 heteroatoms. The van der Waals surface area contributed by atoms with E-state index in [1.807, 2.05) is 0 Å². The zero-order valence-electron chi connectivity index (χ0n) is 9.76. The van der Waals surface area contributed by atoms with Crippen LogP contribution in [0.25, 0.3) is 0 Å². The molecule has 1 aliphatic rings. The molecule has 0 N–H and O–H groups in total. The second kappa shape index (κ2) is 3.48. The molecular weight excluding hydrogens is 184 g/mol. The Balaban J connectivity index is 2.44. The molecule has 0 heterocycles. The van der Waals surface area contributed by atoms with Crippen molar-refractivity contribution in [2.75, 3.05) is 0 Å². The molecule has 0 aromatic heterocycles. The molecule has 1 aromatic carbocycles. The highest BCUT2D eigenvalue weighted by molar-refractivity contribution is 5.82. The quantitative estimate of drug-likeness (QED) is 0.682. The highest BCUT2D eigenvalue weighted by Gasteiger charge is 2.36. The first-order chi connectivity index (χ1) is 7.01. The summed E-state index contributed by atoms with van der Waals surface area (Å²) >= 11 is 0. The van der Waals surface area contributed by atoms with E-state index in [-0.39, 0.29) is 5.41 Å². The third kappa shape index (κ3) is 1.83. The first-order valence-corrected chi connectivity index (χ1v) is 5.61. The van der Waals surface area contributed by atoms with Gasteiger partial charge >= 0.3 is 0 Å². The van der Waals surface area contributed by atoms with Gasteiger partial charge in [0.25, 0.3) is 0 Å². The summed E-state index contributed by atoms with van der Waals surface area (Å²) in [5, 5.41) is 0. The van der Waals surface area contributed by atoms with Crippen molar-refractivity contribution in [3.05, 3.63) is 34.9 Å². The molecule has 15 heavy (non-hydrogen) atoms. The molecule has 0 amide bonds. The van der Waals surface area contributed by atoms with Crippen LogP contribution in [-0.4, -0.2) is 5.78 Å². The predicted octanol–water partition coefficient (Wildman–Crippen LogP) is 3.31. The lowest BCUT2D eigenvalue weighted by atomic mass is 9.78. The molecule has 0 spiro atoms. The minimum atomic E-state index is 0.0905. The lowest BCUT2D eigenvalue weighted by Crippen LogP contribution is -2.19. The van der Waals surface area contributed by atoms with E-state index in [0.717, 1.165) is 19.3 Å². The van der Waals surface area contributed by atoms with E-state index in [0.29, 0.717) is 5.78 Å². The van der Waals surface area contributed by atoms with Gasteiger partial charge in [-0.25, -0.2) is 0 Å². The number of hydrogen-bond acceptors (Lipinski definition) is 1. The van der Waals surface area contributed by atoms with Crippen molar-refractivity contribution in [1.29, 1.82) is 0 Å². The lowest BCUT2D eigenvalue weighted by molar-refractivity contribution is -0.117. The third-order valence-electron chi connectivity index (χ3n) is 3.59. The van der Waals surface area contributed by atoms with Crippen LogP contribution >= 0.6 is 0 Å². The van der Waals surface area contributed by atoms with Crippen molar-refractivity contribution in [3.8, 4) is 0 Å². The van der Waals surface area contributed by atoms with Crippen LogP contribution in [0.5, 0.6) is 0 Å². The summed E-state index contributed by atoms with van der Waals surface area (Å²) in [5.74, 6) is 0.415. The van der Waals surface area contributed by atoms with E-state index in [9.17, 15) is 4.79 Å². The van der Waals surface area contributed by atoms with Gasteiger partial charge in [-0.3, -0.25) is 4.79 Å². The number of hydrogen-bond donors (Lipinski definition) is 0. The zero-order valence-corrected chi connectivity index (χ0v) is 9.76. The van der Waals surface area contributed by atoms with Crippen molar-refractivity contribution >= 4 is 5.78 Å². The smallest absolute Gasteiger partial charge is 0.133 e. The Morgan fingerprint density at radius 1 is 1.27 bits per heavy atom. The number of carbonyl (C=O) groups excluding carboxylic acids is 1. The lowest BCUT2D eigenvalue weighted by Gasteiger charge is -2.25. The summed E-state index contributed by atoms with van der Waals surface area (Å²) < 4.78 is 0. The number of aryl methyl sites for hydroxylation is 2. The summed E-state index contributed by atoms with van der Waals surface area (Å²) in [6, 6.07) is 6.55. The second-order valence-electron chi connectivity index (χ2n) is 5.09. The molecule has 0 radical (unpaired) electrons. The van der Waals surface area contributed by atoms with Crippen molar-refractivity contribution in [3.63, 3.8) is 0 Å². The molecule has 0 bridgehead atoms. The Kier molecular flexibility index (Phi) is 2.41. The van der Waals surface area contributed by atoms with E-state index in [2.05, 4.69) is 39.0 Å². The average Bonchev–Trinajstić information content (AvgIpc) is 2.52. The van der Waals surface area contributed by atoms with Gasteiger partial charge in [-0.2, -0.15) is 0 Å². The molecular formula is C14H18O. The van der Waals surface area contributed by atoms with Crippen molar-refractivity contribution < 1.29 is 4.79 Å². The Morgan fingerprint density at radius 2 is 2.00 bits per heavy atom. The minimum Gasteiger partial charge on any atom is -0.300 e. The van der Waals surface area contributed by atoms with Crippen LogP contribution in [0.3, 0.4) is 0 Å². The van der Waals surface area contributed by atoms with Crippen molar-refractivity contribution in [2.45, 2.75) is 45.4 Å². The minimum absolute atomic E-state index is 0.0905. The molecule has 0 saturated heterocycles. The van der Waals surface area contributed by atoms with Gasteiger partial charge in [-0.15, -0.1) is 0 Å². The van der Waals surface area contributed by atoms with E-state index in [1.165, 1.54) is 16.7 Å². The Labute approximate surface area is 91.5 Å². The van der Waals surface area contributed by atoms with Crippen LogP contribution in [0.15, 0.2) is 18.2 Å². The van der Waals surface area contributed by atoms with Crippen LogP contribution in [0.4, 0.5) is 0 Å². The van der Waals surface area contributed by atoms with Crippen LogP contribution in [0.1, 0.15) is 42.9 Å². The molecule has 1 aliphatic carbocycles. The summed E-state index contributed by atoms with van der Waals surface area (Å²) in [6.07, 6.45) is 2.48. The molecule has 1 fully saturated rings. The van der Waals surface area contributed by atoms with Crippen molar-refractivity contribution in [1.82, 2.24) is 0 Å². The number of Topliss-reactive ketones (excluding diaryl/α,β-unsaturated/α-hetero) is 1. The third-order valence-corrected chi connectivity index (χ3v) is 3.59. The van der Waals surface area contributed by atoms with Gasteiger partial charge in [-0.05, 0) is 31.4 Å². The van der Waals surface area contributed by atoms with Crippen molar-refractivity contribution in [2.24, 2.45) is 0 Å². The van der Waals surface area contributed by atoms with Gasteiger partial charge in [0.2, 0.25) is 0 Å². The van der Waals surface area contributed by atoms with Crippen LogP contribution in [0, 0.1) is 13.8 Å². The fourth-order valence-electron chi connectivity index (χ4n) is 2.64. The normalized spacial score (nSPS) is 25.9. The zero-order chi connectivity index (χ0) is 11.1. The maximum atomic E-state index is 11.4. The molecule has 1 unspecified atom stereocenters. The first kappa shape index (κ1) is 10.4. The average molecular weight is 202 g/mol. The molecule has 0 aliphatic heterocycles. The van der Waals surface area contributed by atoms with Crippen LogP contribution < -0.4 is 0 Å². The number of ketones is 1. The van der Waals surface area contributed by atoms with Gasteiger partial charge in [-0.1, -0.05) is 30.7 Å². The molecule has 80 valence electrons. The van der Waals surface area contributed by atoms with E-state index >= 15 is 0 Å². The molecule has 1 saturated carbocycles. The maximum Gasteiger partial charge on any atom is 0.133 e. The summed E-state index contributed by atoms with van der Waals surface area (Å²) in [4.78, 5) is 11.4. The predicted molar refractivity (Wildman–Crippen MR) is 62.1 cm³/mol. The summed E-state index contributed by atoms with van der Waals surface area (Å²) in [5.41, 5.74) is 4.06. The monoisotopic (exact) mass is 202 g/mol. The highest BCUT2D eigenvalue weighted by Crippen LogP contribution is 2.40. The van der Waals surface area contributed by atoms with Gasteiger partial charge in [0.1, 0.15) is 5.78 Å². The summed E-state index contributed by atoms with van der Waals surface area (Å²) in [7, 11) is 0. The first-order valence-electron chi connectivity index (χ1n) is 5.61. The fourth-order valence-corrected chi connectivity index (χ4v) is 2.64. The van der Waals surface area contributed by atoms with Crippen LogP contribution in [0.2, 0.25) is 0 Å². The Morgan fingerprint density at radius 3 is 2.60 bits per heavy atom. The van der Waals surface area contributed by atoms with Gasteiger partial charge in [0, 0.05) is 18.3 Å². The van der Waals surface area contributed by atoms with E-state index in [4.69, 9.17) is 0 Å². The van der Waals surface area contributed by atoms with Gasteiger partial charge in [0.05, 0.1) is 0 Å². The molecule has 2 rings (SSSR count). The number of rotatable bonds is 1. The van der Waals surface area contributed by atoms with E-state index in [1.54, 1.807) is 0 Å². The highest BCUT2D eigenvalue weighted by atomic mass is 16.1. The summed E-state index contributed by atoms with van der Waals surface area (Å²) in [6.45, 7) is 6.48. The van der Waals surface area contributed by atoms with Crippen LogP contribution in [-0.2, 0) is 10.2 Å². The SMILES string of the molecule is Cc1ccc(C)c(C2(C)CCC(=O)C2)c1. The largest absolute Gasteiger partial charge is 0.300 e. The standard InChI is InChI=1S/C14H18O/c1-10-4-5-11(2)13(8-10)14(3)7-6-12(15)9-14/h4-5,8H,6-7,9H2,1-3H3.